The van der Waals surface area contributed by atoms with Gasteiger partial charge < -0.3 is 0 Å². The average Bonchev–Trinajstić information content (AvgIpc) is 2.63. The highest BCUT2D eigenvalue weighted by molar-refractivity contribution is 14.1. The first-order chi connectivity index (χ1) is 8.68. The van der Waals surface area contributed by atoms with E-state index in [2.05, 4.69) is 22.6 Å². The largest absolute Gasteiger partial charge is 0.293 e. The maximum Gasteiger partial charge on any atom is 0.178 e. The zero-order valence-electron chi connectivity index (χ0n) is 9.39. The molecule has 2 aromatic carbocycles. The number of ketones is 2. The summed E-state index contributed by atoms with van der Waals surface area (Å²) in [7, 11) is 0. The van der Waals surface area contributed by atoms with Crippen molar-refractivity contribution in [2.45, 2.75) is 5.92 Å². The standard InChI is InChI=1S/C15H9IO2/c16-10-5-3-4-9(8-10)13-14(17)11-6-1-2-7-12(11)15(13)18/h1-8,13H. The first kappa shape index (κ1) is 11.6. The van der Waals surface area contributed by atoms with Crippen molar-refractivity contribution in [1.82, 2.24) is 0 Å². The number of Topliss-reactive ketones (excluding diaryl/α,β-unsaturated/α-hetero) is 2. The lowest BCUT2D eigenvalue weighted by Crippen LogP contribution is -2.12. The van der Waals surface area contributed by atoms with Gasteiger partial charge in [-0.15, -0.1) is 0 Å². The second-order valence-electron chi connectivity index (χ2n) is 4.26. The van der Waals surface area contributed by atoms with E-state index in [-0.39, 0.29) is 11.6 Å². The second-order valence-corrected chi connectivity index (χ2v) is 5.51. The summed E-state index contributed by atoms with van der Waals surface area (Å²) in [5.74, 6) is -0.827. The van der Waals surface area contributed by atoms with E-state index in [1.165, 1.54) is 0 Å². The van der Waals surface area contributed by atoms with Gasteiger partial charge in [-0.25, -0.2) is 0 Å². The lowest BCUT2D eigenvalue weighted by Gasteiger charge is -2.07. The van der Waals surface area contributed by atoms with Crippen LogP contribution in [0.3, 0.4) is 0 Å². The maximum atomic E-state index is 12.3. The highest BCUT2D eigenvalue weighted by Crippen LogP contribution is 2.34. The van der Waals surface area contributed by atoms with Gasteiger partial charge in [-0.1, -0.05) is 36.4 Å². The van der Waals surface area contributed by atoms with E-state index in [9.17, 15) is 9.59 Å². The van der Waals surface area contributed by atoms with Crippen molar-refractivity contribution < 1.29 is 9.59 Å². The summed E-state index contributed by atoms with van der Waals surface area (Å²) in [5.41, 5.74) is 1.88. The van der Waals surface area contributed by atoms with E-state index >= 15 is 0 Å². The highest BCUT2D eigenvalue weighted by Gasteiger charge is 2.39. The van der Waals surface area contributed by atoms with Crippen LogP contribution in [0.2, 0.25) is 0 Å². The number of carbonyl (C=O) groups excluding carboxylic acids is 2. The van der Waals surface area contributed by atoms with Gasteiger partial charge in [-0.2, -0.15) is 0 Å². The fraction of sp³-hybridized carbons (Fsp3) is 0.0667. The molecule has 0 radical (unpaired) electrons. The van der Waals surface area contributed by atoms with Crippen LogP contribution in [0.25, 0.3) is 0 Å². The molecule has 1 aliphatic rings. The molecule has 0 atom stereocenters. The van der Waals surface area contributed by atoms with Crippen LogP contribution in [0, 0.1) is 3.57 Å². The molecule has 0 saturated heterocycles. The van der Waals surface area contributed by atoms with Crippen molar-refractivity contribution in [3.63, 3.8) is 0 Å². The summed E-state index contributed by atoms with van der Waals surface area (Å²) >= 11 is 2.18. The summed E-state index contributed by atoms with van der Waals surface area (Å²) in [6.07, 6.45) is 0. The Morgan fingerprint density at radius 2 is 1.44 bits per heavy atom. The van der Waals surface area contributed by atoms with Gasteiger partial charge in [-0.05, 0) is 40.3 Å². The molecule has 0 heterocycles. The number of rotatable bonds is 1. The number of halogens is 1. The van der Waals surface area contributed by atoms with E-state index in [0.717, 1.165) is 9.13 Å². The fourth-order valence-corrected chi connectivity index (χ4v) is 2.90. The molecule has 2 aromatic rings. The number of carbonyl (C=O) groups is 2. The first-order valence-corrected chi connectivity index (χ1v) is 6.69. The zero-order valence-corrected chi connectivity index (χ0v) is 11.5. The molecule has 3 rings (SSSR count). The van der Waals surface area contributed by atoms with Crippen molar-refractivity contribution >= 4 is 34.2 Å². The number of benzene rings is 2. The second kappa shape index (κ2) is 4.31. The molecule has 0 N–H and O–H groups in total. The van der Waals surface area contributed by atoms with Crippen molar-refractivity contribution in [2.75, 3.05) is 0 Å². The Hall–Kier alpha value is -1.49. The summed E-state index contributed by atoms with van der Waals surface area (Å²) in [6.45, 7) is 0. The average molecular weight is 348 g/mol. The third-order valence-electron chi connectivity index (χ3n) is 3.16. The molecule has 0 saturated carbocycles. The van der Waals surface area contributed by atoms with Gasteiger partial charge in [0, 0.05) is 14.7 Å². The Morgan fingerprint density at radius 1 is 0.833 bits per heavy atom. The monoisotopic (exact) mass is 348 g/mol. The maximum absolute atomic E-state index is 12.3. The molecule has 0 unspecified atom stereocenters. The van der Waals surface area contributed by atoms with Crippen LogP contribution in [0.4, 0.5) is 0 Å². The van der Waals surface area contributed by atoms with Gasteiger partial charge in [0.15, 0.2) is 11.6 Å². The van der Waals surface area contributed by atoms with Crippen molar-refractivity contribution in [3.05, 3.63) is 68.8 Å². The van der Waals surface area contributed by atoms with Gasteiger partial charge in [-0.3, -0.25) is 9.59 Å². The highest BCUT2D eigenvalue weighted by atomic mass is 127. The Labute approximate surface area is 118 Å². The van der Waals surface area contributed by atoms with E-state index in [0.29, 0.717) is 11.1 Å². The summed E-state index contributed by atoms with van der Waals surface area (Å²) in [5, 5.41) is 0. The van der Waals surface area contributed by atoms with Crippen molar-refractivity contribution in [1.29, 1.82) is 0 Å². The molecule has 0 amide bonds. The molecule has 2 nitrogen and oxygen atoms in total. The Bertz CT molecular complexity index is 626. The third kappa shape index (κ3) is 1.70. The molecule has 3 heteroatoms. The van der Waals surface area contributed by atoms with Crippen LogP contribution in [-0.4, -0.2) is 11.6 Å². The van der Waals surface area contributed by atoms with E-state index in [1.807, 2.05) is 24.3 Å². The molecule has 18 heavy (non-hydrogen) atoms. The van der Waals surface area contributed by atoms with Gasteiger partial charge >= 0.3 is 0 Å². The van der Waals surface area contributed by atoms with Gasteiger partial charge in [0.1, 0.15) is 5.92 Å². The topological polar surface area (TPSA) is 34.1 Å². The predicted molar refractivity (Wildman–Crippen MR) is 77.0 cm³/mol. The first-order valence-electron chi connectivity index (χ1n) is 5.61. The van der Waals surface area contributed by atoms with Crippen LogP contribution >= 0.6 is 22.6 Å². The zero-order chi connectivity index (χ0) is 12.7. The molecule has 0 bridgehead atoms. The Balaban J connectivity index is 2.12. The van der Waals surface area contributed by atoms with E-state index in [1.54, 1.807) is 24.3 Å². The SMILES string of the molecule is O=C1c2ccccc2C(=O)C1c1cccc(I)c1. The number of hydrogen-bond donors (Lipinski definition) is 0. The predicted octanol–water partition coefficient (Wildman–Crippen LogP) is 3.45. The molecular formula is C15H9IO2. The molecule has 0 aromatic heterocycles. The van der Waals surface area contributed by atoms with Gasteiger partial charge in [0.2, 0.25) is 0 Å². The quantitative estimate of drug-likeness (QED) is 0.584. The Morgan fingerprint density at radius 3 is 2.00 bits per heavy atom. The normalized spacial score (nSPS) is 14.9. The Kier molecular flexibility index (Phi) is 2.78. The minimum absolute atomic E-state index is 0.0856. The fourth-order valence-electron chi connectivity index (χ4n) is 2.33. The van der Waals surface area contributed by atoms with Crippen LogP contribution in [0.1, 0.15) is 32.2 Å². The van der Waals surface area contributed by atoms with Gasteiger partial charge in [0.25, 0.3) is 0 Å². The van der Waals surface area contributed by atoms with Gasteiger partial charge in [0.05, 0.1) is 0 Å². The summed E-state index contributed by atoms with van der Waals surface area (Å²) in [6, 6.07) is 14.6. The molecular weight excluding hydrogens is 339 g/mol. The van der Waals surface area contributed by atoms with Crippen LogP contribution in [0.5, 0.6) is 0 Å². The molecule has 1 aliphatic carbocycles. The minimum atomic E-state index is -0.655. The lowest BCUT2D eigenvalue weighted by molar-refractivity contribution is 0.0890. The number of hydrogen-bond acceptors (Lipinski definition) is 2. The molecule has 0 aliphatic heterocycles. The number of fused-ring (bicyclic) bond motifs is 1. The van der Waals surface area contributed by atoms with Crippen LogP contribution in [0.15, 0.2) is 48.5 Å². The third-order valence-corrected chi connectivity index (χ3v) is 3.84. The summed E-state index contributed by atoms with van der Waals surface area (Å²) in [4.78, 5) is 24.6. The van der Waals surface area contributed by atoms with Crippen molar-refractivity contribution in [3.8, 4) is 0 Å². The van der Waals surface area contributed by atoms with E-state index in [4.69, 9.17) is 0 Å². The molecule has 0 spiro atoms. The van der Waals surface area contributed by atoms with E-state index < -0.39 is 5.92 Å². The smallest absolute Gasteiger partial charge is 0.178 e. The molecule has 0 fully saturated rings. The molecule has 88 valence electrons. The van der Waals surface area contributed by atoms with Crippen molar-refractivity contribution in [2.24, 2.45) is 0 Å². The summed E-state index contributed by atoms with van der Waals surface area (Å²) < 4.78 is 1.03. The van der Waals surface area contributed by atoms with Crippen LogP contribution < -0.4 is 0 Å². The minimum Gasteiger partial charge on any atom is -0.293 e. The lowest BCUT2D eigenvalue weighted by atomic mass is 9.94. The van der Waals surface area contributed by atoms with Crippen LogP contribution in [-0.2, 0) is 0 Å².